The van der Waals surface area contributed by atoms with Crippen LogP contribution in [0.1, 0.15) is 19.4 Å². The molecule has 0 aliphatic carbocycles. The van der Waals surface area contributed by atoms with Gasteiger partial charge in [-0.25, -0.2) is 0 Å². The molecule has 16 heavy (non-hydrogen) atoms. The Balaban J connectivity index is 3.10. The predicted molar refractivity (Wildman–Crippen MR) is 67.0 cm³/mol. The average Bonchev–Trinajstić information content (AvgIpc) is 2.11. The molecule has 0 fully saturated rings. The number of benzene rings is 1. The monoisotopic (exact) mass is 257 g/mol. The first-order chi connectivity index (χ1) is 7.40. The Morgan fingerprint density at radius 2 is 1.94 bits per heavy atom. The maximum Gasteiger partial charge on any atom is 0.221 e. The molecule has 0 aliphatic heterocycles. The molecule has 0 heterocycles. The minimum Gasteiger partial charge on any atom is -0.325 e. The largest absolute Gasteiger partial charge is 0.325 e. The number of carbonyl (C=O) groups is 2. The van der Waals surface area contributed by atoms with Crippen LogP contribution in [-0.4, -0.2) is 11.0 Å². The van der Waals surface area contributed by atoms with Crippen LogP contribution in [0.15, 0.2) is 17.0 Å². The molecule has 1 aromatic rings. The van der Waals surface area contributed by atoms with Crippen molar-refractivity contribution in [2.75, 3.05) is 5.32 Å². The first-order valence-electron chi connectivity index (χ1n) is 4.66. The van der Waals surface area contributed by atoms with Crippen LogP contribution < -0.4 is 5.32 Å². The standard InChI is InChI=1S/C11H12ClNO2S/c1-6-4-9(12)10(13-7(2)14)5-11(6)16-8(3)15/h4-5H,1-3H3,(H,13,14). The molecule has 5 heteroatoms. The lowest BCUT2D eigenvalue weighted by atomic mass is 10.2. The van der Waals surface area contributed by atoms with Crippen LogP contribution in [0.5, 0.6) is 0 Å². The third-order valence-electron chi connectivity index (χ3n) is 1.83. The van der Waals surface area contributed by atoms with E-state index < -0.39 is 0 Å². The number of amides is 1. The van der Waals surface area contributed by atoms with Crippen molar-refractivity contribution in [3.8, 4) is 0 Å². The van der Waals surface area contributed by atoms with Gasteiger partial charge in [0.2, 0.25) is 5.91 Å². The minimum absolute atomic E-state index is 0.000743. The Hall–Kier alpha value is -1.00. The van der Waals surface area contributed by atoms with Gasteiger partial charge < -0.3 is 5.32 Å². The van der Waals surface area contributed by atoms with Crippen LogP contribution >= 0.6 is 23.4 Å². The van der Waals surface area contributed by atoms with Crippen LogP contribution in [0, 0.1) is 6.92 Å². The molecule has 86 valence electrons. The van der Waals surface area contributed by atoms with Crippen molar-refractivity contribution in [1.29, 1.82) is 0 Å². The second-order valence-corrected chi connectivity index (χ2v) is 5.00. The number of anilines is 1. The Morgan fingerprint density at radius 3 is 2.44 bits per heavy atom. The molecule has 0 saturated heterocycles. The van der Waals surface area contributed by atoms with Crippen molar-refractivity contribution < 1.29 is 9.59 Å². The fourth-order valence-electron chi connectivity index (χ4n) is 1.20. The van der Waals surface area contributed by atoms with Crippen LogP contribution in [0.3, 0.4) is 0 Å². The van der Waals surface area contributed by atoms with Gasteiger partial charge in [-0.1, -0.05) is 23.4 Å². The lowest BCUT2D eigenvalue weighted by Crippen LogP contribution is -2.06. The SMILES string of the molecule is CC(=O)Nc1cc(SC(C)=O)c(C)cc1Cl. The number of halogens is 1. The highest BCUT2D eigenvalue weighted by molar-refractivity contribution is 8.13. The Kier molecular flexibility index (Phi) is 4.38. The second-order valence-electron chi connectivity index (χ2n) is 3.37. The summed E-state index contributed by atoms with van der Waals surface area (Å²) in [5.41, 5.74) is 1.45. The van der Waals surface area contributed by atoms with E-state index in [4.69, 9.17) is 11.6 Å². The second kappa shape index (κ2) is 5.37. The third kappa shape index (κ3) is 3.54. The van der Waals surface area contributed by atoms with E-state index in [1.165, 1.54) is 13.8 Å². The first-order valence-corrected chi connectivity index (χ1v) is 5.85. The normalized spacial score (nSPS) is 10.0. The van der Waals surface area contributed by atoms with E-state index in [2.05, 4.69) is 5.32 Å². The molecule has 1 N–H and O–H groups in total. The smallest absolute Gasteiger partial charge is 0.221 e. The van der Waals surface area contributed by atoms with Crippen molar-refractivity contribution in [2.24, 2.45) is 0 Å². The van der Waals surface area contributed by atoms with E-state index in [-0.39, 0.29) is 11.0 Å². The number of rotatable bonds is 2. The molecule has 1 aromatic carbocycles. The van der Waals surface area contributed by atoms with Crippen LogP contribution in [0.4, 0.5) is 5.69 Å². The van der Waals surface area contributed by atoms with Crippen molar-refractivity contribution in [1.82, 2.24) is 0 Å². The van der Waals surface area contributed by atoms with Gasteiger partial charge in [-0.15, -0.1) is 0 Å². The summed E-state index contributed by atoms with van der Waals surface area (Å²) < 4.78 is 0. The summed E-state index contributed by atoms with van der Waals surface area (Å²) in [7, 11) is 0. The number of hydrogen-bond acceptors (Lipinski definition) is 3. The lowest BCUT2D eigenvalue weighted by Gasteiger charge is -2.09. The summed E-state index contributed by atoms with van der Waals surface area (Å²) >= 11 is 7.10. The minimum atomic E-state index is -0.190. The molecule has 1 rings (SSSR count). The van der Waals surface area contributed by atoms with Gasteiger partial charge >= 0.3 is 0 Å². The van der Waals surface area contributed by atoms with Gasteiger partial charge in [0.25, 0.3) is 0 Å². The van der Waals surface area contributed by atoms with Gasteiger partial charge in [-0.3, -0.25) is 9.59 Å². The summed E-state index contributed by atoms with van der Waals surface area (Å²) in [5, 5.41) is 3.09. The van der Waals surface area contributed by atoms with E-state index in [9.17, 15) is 9.59 Å². The van der Waals surface area contributed by atoms with Crippen molar-refractivity contribution in [3.05, 3.63) is 22.7 Å². The van der Waals surface area contributed by atoms with E-state index in [0.717, 1.165) is 22.2 Å². The van der Waals surface area contributed by atoms with Gasteiger partial charge in [-0.05, 0) is 24.6 Å². The maximum atomic E-state index is 11.0. The van der Waals surface area contributed by atoms with Gasteiger partial charge in [0, 0.05) is 18.7 Å². The zero-order valence-electron chi connectivity index (χ0n) is 9.26. The lowest BCUT2D eigenvalue weighted by molar-refractivity contribution is -0.114. The van der Waals surface area contributed by atoms with Gasteiger partial charge in [-0.2, -0.15) is 0 Å². The molecule has 3 nitrogen and oxygen atoms in total. The highest BCUT2D eigenvalue weighted by Gasteiger charge is 2.09. The number of thioether (sulfide) groups is 1. The summed E-state index contributed by atoms with van der Waals surface area (Å²) in [5.74, 6) is -0.190. The summed E-state index contributed by atoms with van der Waals surface area (Å²) in [6, 6.07) is 3.45. The number of hydrogen-bond donors (Lipinski definition) is 1. The van der Waals surface area contributed by atoms with Crippen LogP contribution in [0.25, 0.3) is 0 Å². The molecule has 0 bridgehead atoms. The van der Waals surface area contributed by atoms with Crippen molar-refractivity contribution in [2.45, 2.75) is 25.7 Å². The topological polar surface area (TPSA) is 46.2 Å². The van der Waals surface area contributed by atoms with Crippen LogP contribution in [0.2, 0.25) is 5.02 Å². The zero-order chi connectivity index (χ0) is 12.3. The molecular weight excluding hydrogens is 246 g/mol. The van der Waals surface area contributed by atoms with E-state index >= 15 is 0 Å². The van der Waals surface area contributed by atoms with Crippen molar-refractivity contribution >= 4 is 40.1 Å². The quantitative estimate of drug-likeness (QED) is 0.828. The molecule has 0 radical (unpaired) electrons. The summed E-state index contributed by atoms with van der Waals surface area (Å²) in [6.07, 6.45) is 0. The van der Waals surface area contributed by atoms with Gasteiger partial charge in [0.05, 0.1) is 10.7 Å². The predicted octanol–water partition coefficient (Wildman–Crippen LogP) is 3.25. The van der Waals surface area contributed by atoms with E-state index in [0.29, 0.717) is 10.7 Å². The summed E-state index contributed by atoms with van der Waals surface area (Å²) in [6.45, 7) is 4.78. The molecule has 0 unspecified atom stereocenters. The van der Waals surface area contributed by atoms with Crippen LogP contribution in [-0.2, 0) is 9.59 Å². The van der Waals surface area contributed by atoms with Gasteiger partial charge in [0.15, 0.2) is 5.12 Å². The Bertz CT molecular complexity index is 409. The van der Waals surface area contributed by atoms with Crippen molar-refractivity contribution in [3.63, 3.8) is 0 Å². The highest BCUT2D eigenvalue weighted by Crippen LogP contribution is 2.31. The first kappa shape index (κ1) is 13.1. The molecule has 0 aromatic heterocycles. The summed E-state index contributed by atoms with van der Waals surface area (Å²) in [4.78, 5) is 22.8. The van der Waals surface area contributed by atoms with Gasteiger partial charge in [0.1, 0.15) is 0 Å². The maximum absolute atomic E-state index is 11.0. The average molecular weight is 258 g/mol. The Labute approximate surface area is 104 Å². The molecule has 1 amide bonds. The van der Waals surface area contributed by atoms with E-state index in [1.807, 2.05) is 6.92 Å². The highest BCUT2D eigenvalue weighted by atomic mass is 35.5. The fraction of sp³-hybridized carbons (Fsp3) is 0.273. The number of carbonyl (C=O) groups excluding carboxylic acids is 2. The molecule has 0 spiro atoms. The number of nitrogens with one attached hydrogen (secondary N) is 1. The third-order valence-corrected chi connectivity index (χ3v) is 3.09. The fourth-order valence-corrected chi connectivity index (χ4v) is 2.17. The molecular formula is C11H12ClNO2S. The number of aryl methyl sites for hydroxylation is 1. The molecule has 0 saturated carbocycles. The molecule has 0 aliphatic rings. The molecule has 0 atom stereocenters. The van der Waals surface area contributed by atoms with E-state index in [1.54, 1.807) is 12.1 Å². The zero-order valence-corrected chi connectivity index (χ0v) is 10.8. The Morgan fingerprint density at radius 1 is 1.31 bits per heavy atom.